The number of hydrogen-bond donors (Lipinski definition) is 1. The Bertz CT molecular complexity index is 554. The summed E-state index contributed by atoms with van der Waals surface area (Å²) < 4.78 is 0. The Morgan fingerprint density at radius 3 is 2.45 bits per heavy atom. The van der Waals surface area contributed by atoms with E-state index >= 15 is 0 Å². The standard InChI is InChI=1S/C18H22N2/c1-15-5-7-17(8-6-15)18-4-2-3-16(13-18)14-20-11-9-19-10-12-20/h2-8,13,19H,9-12,14H2,1H3. The van der Waals surface area contributed by atoms with Crippen LogP contribution in [0.3, 0.4) is 0 Å². The number of benzene rings is 2. The molecule has 0 spiro atoms. The minimum Gasteiger partial charge on any atom is -0.314 e. The summed E-state index contributed by atoms with van der Waals surface area (Å²) in [5, 5.41) is 3.40. The smallest absolute Gasteiger partial charge is 0.0235 e. The highest BCUT2D eigenvalue weighted by molar-refractivity contribution is 5.64. The molecule has 1 saturated heterocycles. The van der Waals surface area contributed by atoms with Crippen molar-refractivity contribution in [1.82, 2.24) is 10.2 Å². The lowest BCUT2D eigenvalue weighted by molar-refractivity contribution is 0.233. The fraction of sp³-hybridized carbons (Fsp3) is 0.333. The van der Waals surface area contributed by atoms with E-state index in [9.17, 15) is 0 Å². The van der Waals surface area contributed by atoms with Gasteiger partial charge in [-0.1, -0.05) is 48.0 Å². The second-order valence-corrected chi connectivity index (χ2v) is 5.59. The Hall–Kier alpha value is -1.64. The summed E-state index contributed by atoms with van der Waals surface area (Å²) >= 11 is 0. The van der Waals surface area contributed by atoms with Gasteiger partial charge in [-0.3, -0.25) is 4.90 Å². The zero-order chi connectivity index (χ0) is 13.8. The summed E-state index contributed by atoms with van der Waals surface area (Å²) in [7, 11) is 0. The second-order valence-electron chi connectivity index (χ2n) is 5.59. The highest BCUT2D eigenvalue weighted by Gasteiger charge is 2.10. The van der Waals surface area contributed by atoms with E-state index in [1.54, 1.807) is 0 Å². The molecule has 2 heteroatoms. The molecule has 0 saturated carbocycles. The fourth-order valence-corrected chi connectivity index (χ4v) is 2.72. The Balaban J connectivity index is 1.76. The summed E-state index contributed by atoms with van der Waals surface area (Å²) in [5.41, 5.74) is 5.34. The van der Waals surface area contributed by atoms with Crippen molar-refractivity contribution in [3.8, 4) is 11.1 Å². The van der Waals surface area contributed by atoms with E-state index in [1.807, 2.05) is 0 Å². The van der Waals surface area contributed by atoms with Gasteiger partial charge in [-0.2, -0.15) is 0 Å². The number of nitrogens with zero attached hydrogens (tertiary/aromatic N) is 1. The lowest BCUT2D eigenvalue weighted by atomic mass is 10.0. The molecule has 0 bridgehead atoms. The minimum atomic E-state index is 1.06. The lowest BCUT2D eigenvalue weighted by Crippen LogP contribution is -2.42. The molecule has 1 aliphatic rings. The van der Waals surface area contributed by atoms with Crippen LogP contribution >= 0.6 is 0 Å². The molecule has 2 aromatic rings. The first kappa shape index (κ1) is 13.3. The molecule has 2 aromatic carbocycles. The minimum absolute atomic E-state index is 1.06. The first-order valence-corrected chi connectivity index (χ1v) is 7.40. The molecule has 0 radical (unpaired) electrons. The van der Waals surface area contributed by atoms with Crippen LogP contribution in [-0.4, -0.2) is 31.1 Å². The molecule has 0 aromatic heterocycles. The van der Waals surface area contributed by atoms with Gasteiger partial charge in [-0.05, 0) is 29.7 Å². The molecule has 104 valence electrons. The average molecular weight is 266 g/mol. The van der Waals surface area contributed by atoms with Crippen molar-refractivity contribution in [3.63, 3.8) is 0 Å². The molecule has 1 heterocycles. The Morgan fingerprint density at radius 1 is 0.950 bits per heavy atom. The zero-order valence-electron chi connectivity index (χ0n) is 12.1. The van der Waals surface area contributed by atoms with Gasteiger partial charge < -0.3 is 5.32 Å². The number of piperazine rings is 1. The fourth-order valence-electron chi connectivity index (χ4n) is 2.72. The van der Waals surface area contributed by atoms with Crippen molar-refractivity contribution in [3.05, 3.63) is 59.7 Å². The molecule has 3 rings (SSSR count). The number of aryl methyl sites for hydroxylation is 1. The van der Waals surface area contributed by atoms with Gasteiger partial charge >= 0.3 is 0 Å². The summed E-state index contributed by atoms with van der Waals surface area (Å²) in [4.78, 5) is 2.52. The first-order chi connectivity index (χ1) is 9.81. The van der Waals surface area contributed by atoms with Crippen molar-refractivity contribution < 1.29 is 0 Å². The van der Waals surface area contributed by atoms with Gasteiger partial charge in [-0.15, -0.1) is 0 Å². The summed E-state index contributed by atoms with van der Waals surface area (Å²) in [6, 6.07) is 17.7. The van der Waals surface area contributed by atoms with Crippen LogP contribution in [0.25, 0.3) is 11.1 Å². The van der Waals surface area contributed by atoms with Gasteiger partial charge in [0.05, 0.1) is 0 Å². The van der Waals surface area contributed by atoms with Crippen LogP contribution in [0.1, 0.15) is 11.1 Å². The highest BCUT2D eigenvalue weighted by Crippen LogP contribution is 2.21. The molecule has 20 heavy (non-hydrogen) atoms. The maximum absolute atomic E-state index is 3.40. The predicted octanol–water partition coefficient (Wildman–Crippen LogP) is 3.07. The van der Waals surface area contributed by atoms with Crippen LogP contribution in [0.5, 0.6) is 0 Å². The molecular weight excluding hydrogens is 244 g/mol. The maximum Gasteiger partial charge on any atom is 0.0235 e. The molecule has 1 aliphatic heterocycles. The quantitative estimate of drug-likeness (QED) is 0.918. The van der Waals surface area contributed by atoms with Gasteiger partial charge in [0, 0.05) is 32.7 Å². The van der Waals surface area contributed by atoms with E-state index in [1.165, 1.54) is 22.3 Å². The van der Waals surface area contributed by atoms with E-state index in [4.69, 9.17) is 0 Å². The SMILES string of the molecule is Cc1ccc(-c2cccc(CN3CCNCC3)c2)cc1. The third kappa shape index (κ3) is 3.27. The van der Waals surface area contributed by atoms with Crippen LogP contribution in [-0.2, 0) is 6.54 Å². The first-order valence-electron chi connectivity index (χ1n) is 7.40. The van der Waals surface area contributed by atoms with Crippen molar-refractivity contribution >= 4 is 0 Å². The number of nitrogens with one attached hydrogen (secondary N) is 1. The van der Waals surface area contributed by atoms with Crippen molar-refractivity contribution in [1.29, 1.82) is 0 Å². The van der Waals surface area contributed by atoms with E-state index in [-0.39, 0.29) is 0 Å². The Kier molecular flexibility index (Phi) is 4.14. The largest absolute Gasteiger partial charge is 0.314 e. The molecule has 0 atom stereocenters. The third-order valence-corrected chi connectivity index (χ3v) is 3.93. The van der Waals surface area contributed by atoms with Gasteiger partial charge in [0.15, 0.2) is 0 Å². The summed E-state index contributed by atoms with van der Waals surface area (Å²) in [6.07, 6.45) is 0. The van der Waals surface area contributed by atoms with Crippen LogP contribution in [0.15, 0.2) is 48.5 Å². The maximum atomic E-state index is 3.40. The Labute approximate surface area is 121 Å². The monoisotopic (exact) mass is 266 g/mol. The van der Waals surface area contributed by atoms with Crippen LogP contribution < -0.4 is 5.32 Å². The average Bonchev–Trinajstić information content (AvgIpc) is 2.49. The van der Waals surface area contributed by atoms with Crippen LogP contribution in [0.4, 0.5) is 0 Å². The molecule has 0 unspecified atom stereocenters. The highest BCUT2D eigenvalue weighted by atomic mass is 15.2. The molecular formula is C18H22N2. The molecule has 1 N–H and O–H groups in total. The topological polar surface area (TPSA) is 15.3 Å². The number of rotatable bonds is 3. The van der Waals surface area contributed by atoms with Gasteiger partial charge in [-0.25, -0.2) is 0 Å². The van der Waals surface area contributed by atoms with Crippen molar-refractivity contribution in [2.45, 2.75) is 13.5 Å². The van der Waals surface area contributed by atoms with Gasteiger partial charge in [0.25, 0.3) is 0 Å². The van der Waals surface area contributed by atoms with E-state index in [0.717, 1.165) is 32.7 Å². The zero-order valence-corrected chi connectivity index (χ0v) is 12.1. The van der Waals surface area contributed by atoms with Crippen molar-refractivity contribution in [2.24, 2.45) is 0 Å². The lowest BCUT2D eigenvalue weighted by Gasteiger charge is -2.27. The van der Waals surface area contributed by atoms with Gasteiger partial charge in [0.1, 0.15) is 0 Å². The third-order valence-electron chi connectivity index (χ3n) is 3.93. The molecule has 1 fully saturated rings. The van der Waals surface area contributed by atoms with E-state index < -0.39 is 0 Å². The second kappa shape index (κ2) is 6.21. The molecule has 2 nitrogen and oxygen atoms in total. The van der Waals surface area contributed by atoms with Crippen LogP contribution in [0, 0.1) is 6.92 Å². The predicted molar refractivity (Wildman–Crippen MR) is 84.8 cm³/mol. The Morgan fingerprint density at radius 2 is 1.70 bits per heavy atom. The molecule has 0 aliphatic carbocycles. The summed E-state index contributed by atoms with van der Waals surface area (Å²) in [5.74, 6) is 0. The van der Waals surface area contributed by atoms with Crippen LogP contribution in [0.2, 0.25) is 0 Å². The molecule has 0 amide bonds. The van der Waals surface area contributed by atoms with Crippen molar-refractivity contribution in [2.75, 3.05) is 26.2 Å². The van der Waals surface area contributed by atoms with E-state index in [0.29, 0.717) is 0 Å². The summed E-state index contributed by atoms with van der Waals surface area (Å²) in [6.45, 7) is 7.70. The normalized spacial score (nSPS) is 16.2. The van der Waals surface area contributed by atoms with Gasteiger partial charge in [0.2, 0.25) is 0 Å². The number of hydrogen-bond acceptors (Lipinski definition) is 2. The van der Waals surface area contributed by atoms with E-state index in [2.05, 4.69) is 65.7 Å².